The van der Waals surface area contributed by atoms with E-state index in [1.54, 1.807) is 31.3 Å². The maximum Gasteiger partial charge on any atom is 0.255 e. The molecule has 5 rings (SSSR count). The Bertz CT molecular complexity index is 1170. The lowest BCUT2D eigenvalue weighted by Crippen LogP contribution is -2.54. The molecule has 1 saturated heterocycles. The van der Waals surface area contributed by atoms with Gasteiger partial charge in [0.25, 0.3) is 5.91 Å². The standard InChI is InChI=1S/C22H24FN7O/c1-12-13(23)4-2-5-14(12)28-18-16-19(30-17(18)15-6-9-26-21(24)29-15)22(11-27-20(16)31)7-3-8-25-10-22/h2,4-6,9,25,28,30H,3,7-8,10-11H2,1H3,(H,27,31)(H2,24,26,29)/t22-/m1/s1. The number of nitrogens with one attached hydrogen (secondary N) is 4. The third-order valence-electron chi connectivity index (χ3n) is 6.27. The van der Waals surface area contributed by atoms with Crippen molar-refractivity contribution in [3.63, 3.8) is 0 Å². The largest absolute Gasteiger partial charge is 0.368 e. The normalized spacial score (nSPS) is 20.4. The highest BCUT2D eigenvalue weighted by molar-refractivity contribution is 6.06. The highest BCUT2D eigenvalue weighted by Crippen LogP contribution is 2.43. The van der Waals surface area contributed by atoms with Crippen molar-refractivity contribution in [1.29, 1.82) is 0 Å². The number of halogens is 1. The third-order valence-corrected chi connectivity index (χ3v) is 6.27. The molecule has 8 nitrogen and oxygen atoms in total. The lowest BCUT2D eigenvalue weighted by molar-refractivity contribution is 0.0916. The van der Waals surface area contributed by atoms with Gasteiger partial charge in [0.15, 0.2) is 0 Å². The van der Waals surface area contributed by atoms with E-state index in [4.69, 9.17) is 5.73 Å². The van der Waals surface area contributed by atoms with Crippen molar-refractivity contribution < 1.29 is 9.18 Å². The molecule has 0 bridgehead atoms. The van der Waals surface area contributed by atoms with Crippen molar-refractivity contribution in [2.24, 2.45) is 0 Å². The number of hydrogen-bond donors (Lipinski definition) is 5. The quantitative estimate of drug-likeness (QED) is 0.443. The average molecular weight is 421 g/mol. The summed E-state index contributed by atoms with van der Waals surface area (Å²) >= 11 is 0. The Kier molecular flexibility index (Phi) is 4.62. The van der Waals surface area contributed by atoms with Gasteiger partial charge in [-0.05, 0) is 44.5 Å². The van der Waals surface area contributed by atoms with Gasteiger partial charge in [0, 0.05) is 41.6 Å². The van der Waals surface area contributed by atoms with Crippen molar-refractivity contribution in [2.45, 2.75) is 25.2 Å². The second-order valence-electron chi connectivity index (χ2n) is 8.21. The van der Waals surface area contributed by atoms with Gasteiger partial charge in [-0.1, -0.05) is 6.07 Å². The number of nitrogens with zero attached hydrogens (tertiary/aromatic N) is 2. The highest BCUT2D eigenvalue weighted by Gasteiger charge is 2.44. The topological polar surface area (TPSA) is 121 Å². The number of carbonyl (C=O) groups excluding carboxylic acids is 1. The fourth-order valence-corrected chi connectivity index (χ4v) is 4.59. The molecule has 2 aliphatic rings. The minimum absolute atomic E-state index is 0.136. The number of nitrogen functional groups attached to an aromatic ring is 1. The molecule has 1 atom stereocenters. The number of amides is 1. The fourth-order valence-electron chi connectivity index (χ4n) is 4.59. The van der Waals surface area contributed by atoms with Gasteiger partial charge in [-0.2, -0.15) is 0 Å². The molecule has 0 saturated carbocycles. The average Bonchev–Trinajstić information content (AvgIpc) is 3.16. The van der Waals surface area contributed by atoms with Gasteiger partial charge in [0.1, 0.15) is 5.82 Å². The summed E-state index contributed by atoms with van der Waals surface area (Å²) in [7, 11) is 0. The van der Waals surface area contributed by atoms with E-state index in [2.05, 4.69) is 30.9 Å². The second kappa shape index (κ2) is 7.35. The smallest absolute Gasteiger partial charge is 0.255 e. The van der Waals surface area contributed by atoms with E-state index in [-0.39, 0.29) is 23.1 Å². The number of benzene rings is 1. The SMILES string of the molecule is Cc1c(F)cccc1Nc1c(-c2ccnc(N)n2)[nH]c2c1C(=O)NC[C@]21CCCNC1. The Balaban J connectivity index is 1.73. The number of rotatable bonds is 3. The molecule has 1 aromatic carbocycles. The van der Waals surface area contributed by atoms with Crippen molar-refractivity contribution >= 4 is 23.2 Å². The van der Waals surface area contributed by atoms with Gasteiger partial charge in [0.2, 0.25) is 5.95 Å². The van der Waals surface area contributed by atoms with E-state index in [1.165, 1.54) is 6.07 Å². The van der Waals surface area contributed by atoms with Crippen molar-refractivity contribution in [1.82, 2.24) is 25.6 Å². The first-order valence-corrected chi connectivity index (χ1v) is 10.3. The Hall–Kier alpha value is -3.46. The first-order chi connectivity index (χ1) is 15.0. The number of anilines is 3. The minimum atomic E-state index is -0.320. The number of piperidine rings is 1. The second-order valence-corrected chi connectivity index (χ2v) is 8.21. The zero-order valence-corrected chi connectivity index (χ0v) is 17.2. The monoisotopic (exact) mass is 421 g/mol. The number of carbonyl (C=O) groups is 1. The first-order valence-electron chi connectivity index (χ1n) is 10.3. The molecule has 1 amide bonds. The van der Waals surface area contributed by atoms with Gasteiger partial charge in [0.05, 0.1) is 22.6 Å². The molecule has 4 heterocycles. The fraction of sp³-hybridized carbons (Fsp3) is 0.318. The Morgan fingerprint density at radius 2 is 2.13 bits per heavy atom. The van der Waals surface area contributed by atoms with E-state index in [9.17, 15) is 9.18 Å². The predicted octanol–water partition coefficient (Wildman–Crippen LogP) is 2.61. The number of H-pyrrole nitrogens is 1. The summed E-state index contributed by atoms with van der Waals surface area (Å²) in [5.41, 5.74) is 9.79. The predicted molar refractivity (Wildman–Crippen MR) is 117 cm³/mol. The van der Waals surface area contributed by atoms with Crippen LogP contribution in [0, 0.1) is 12.7 Å². The van der Waals surface area contributed by atoms with E-state index in [0.29, 0.717) is 40.4 Å². The van der Waals surface area contributed by atoms with Crippen LogP contribution >= 0.6 is 0 Å². The number of aromatic nitrogens is 3. The number of fused-ring (bicyclic) bond motifs is 2. The Morgan fingerprint density at radius 3 is 2.90 bits per heavy atom. The lowest BCUT2D eigenvalue weighted by Gasteiger charge is -2.40. The minimum Gasteiger partial charge on any atom is -0.368 e. The van der Waals surface area contributed by atoms with Crippen LogP contribution in [0.4, 0.5) is 21.7 Å². The van der Waals surface area contributed by atoms with Gasteiger partial charge in [-0.25, -0.2) is 14.4 Å². The van der Waals surface area contributed by atoms with E-state index in [0.717, 1.165) is 31.6 Å². The Morgan fingerprint density at radius 1 is 1.26 bits per heavy atom. The number of nitrogens with two attached hydrogens (primary N) is 1. The van der Waals surface area contributed by atoms with Gasteiger partial charge in [-0.3, -0.25) is 4.79 Å². The maximum absolute atomic E-state index is 14.2. The summed E-state index contributed by atoms with van der Waals surface area (Å²) in [5.74, 6) is -0.358. The molecule has 31 heavy (non-hydrogen) atoms. The summed E-state index contributed by atoms with van der Waals surface area (Å²) in [6, 6.07) is 6.57. The highest BCUT2D eigenvalue weighted by atomic mass is 19.1. The summed E-state index contributed by atoms with van der Waals surface area (Å²) in [6.45, 7) is 3.96. The van der Waals surface area contributed by atoms with Crippen LogP contribution in [0.5, 0.6) is 0 Å². The summed E-state index contributed by atoms with van der Waals surface area (Å²) < 4.78 is 14.2. The van der Waals surface area contributed by atoms with E-state index in [1.807, 2.05) is 0 Å². The van der Waals surface area contributed by atoms with E-state index >= 15 is 0 Å². The molecule has 0 radical (unpaired) electrons. The van der Waals surface area contributed by atoms with E-state index < -0.39 is 0 Å². The van der Waals surface area contributed by atoms with Crippen LogP contribution < -0.4 is 21.7 Å². The molecule has 2 aliphatic heterocycles. The van der Waals surface area contributed by atoms with Crippen molar-refractivity contribution in [3.05, 3.63) is 53.1 Å². The molecular formula is C22H24FN7O. The Labute approximate surface area is 178 Å². The van der Waals surface area contributed by atoms with Gasteiger partial charge in [-0.15, -0.1) is 0 Å². The van der Waals surface area contributed by atoms with Gasteiger partial charge >= 0.3 is 0 Å². The molecule has 0 aliphatic carbocycles. The first kappa shape index (κ1) is 19.5. The summed E-state index contributed by atoms with van der Waals surface area (Å²) in [5, 5.41) is 9.82. The third kappa shape index (κ3) is 3.21. The zero-order chi connectivity index (χ0) is 21.6. The molecule has 9 heteroatoms. The molecule has 160 valence electrons. The number of aromatic amines is 1. The summed E-state index contributed by atoms with van der Waals surface area (Å²) in [4.78, 5) is 24.9. The van der Waals surface area contributed by atoms with Crippen LogP contribution in [0.3, 0.4) is 0 Å². The van der Waals surface area contributed by atoms with Crippen LogP contribution in [0.1, 0.15) is 34.5 Å². The van der Waals surface area contributed by atoms with Crippen LogP contribution in [0.15, 0.2) is 30.5 Å². The molecule has 0 unspecified atom stereocenters. The van der Waals surface area contributed by atoms with Crippen LogP contribution in [-0.2, 0) is 5.41 Å². The molecule has 1 spiro atoms. The molecule has 6 N–H and O–H groups in total. The molecular weight excluding hydrogens is 397 g/mol. The van der Waals surface area contributed by atoms with Crippen LogP contribution in [0.2, 0.25) is 0 Å². The van der Waals surface area contributed by atoms with Crippen LogP contribution in [0.25, 0.3) is 11.4 Å². The van der Waals surface area contributed by atoms with Crippen LogP contribution in [-0.4, -0.2) is 40.5 Å². The molecule has 2 aromatic heterocycles. The zero-order valence-electron chi connectivity index (χ0n) is 17.2. The number of hydrogen-bond acceptors (Lipinski definition) is 6. The molecule has 1 fully saturated rings. The summed E-state index contributed by atoms with van der Waals surface area (Å²) in [6.07, 6.45) is 3.53. The van der Waals surface area contributed by atoms with Gasteiger partial charge < -0.3 is 26.7 Å². The maximum atomic E-state index is 14.2. The van der Waals surface area contributed by atoms with Crippen molar-refractivity contribution in [2.75, 3.05) is 30.7 Å². The van der Waals surface area contributed by atoms with Crippen molar-refractivity contribution in [3.8, 4) is 11.4 Å². The molecule has 3 aromatic rings. The lowest BCUT2D eigenvalue weighted by atomic mass is 9.74.